The summed E-state index contributed by atoms with van der Waals surface area (Å²) in [5.74, 6) is 0. The normalized spacial score (nSPS) is 14.0. The van der Waals surface area contributed by atoms with Gasteiger partial charge in [-0.3, -0.25) is 4.98 Å². The standard InChI is InChI=1S/C18H17BrN2/c1-18(20,14-6-8-15(19)9-7-14)12-13-10-11-21-17-5-3-2-4-16(13)17/h2-11H,12,20H2,1H3. The predicted octanol–water partition coefficient (Wildman–Crippen LogP) is 4.41. The van der Waals surface area contributed by atoms with Gasteiger partial charge in [-0.25, -0.2) is 0 Å². The molecule has 0 fully saturated rings. The number of fused-ring (bicyclic) bond motifs is 1. The minimum Gasteiger partial charge on any atom is -0.321 e. The lowest BCUT2D eigenvalue weighted by molar-refractivity contribution is 0.493. The van der Waals surface area contributed by atoms with E-state index in [0.717, 1.165) is 22.0 Å². The molecule has 0 bridgehead atoms. The molecule has 1 unspecified atom stereocenters. The average Bonchev–Trinajstić information content (AvgIpc) is 2.48. The van der Waals surface area contributed by atoms with Gasteiger partial charge in [0.25, 0.3) is 0 Å². The van der Waals surface area contributed by atoms with Gasteiger partial charge in [0.05, 0.1) is 5.52 Å². The van der Waals surface area contributed by atoms with Crippen LogP contribution in [0.5, 0.6) is 0 Å². The van der Waals surface area contributed by atoms with Crippen LogP contribution in [0.2, 0.25) is 0 Å². The molecule has 0 aliphatic rings. The van der Waals surface area contributed by atoms with Crippen LogP contribution in [0.1, 0.15) is 18.1 Å². The number of pyridine rings is 1. The van der Waals surface area contributed by atoms with Gasteiger partial charge in [-0.2, -0.15) is 0 Å². The van der Waals surface area contributed by atoms with Crippen molar-refractivity contribution in [3.05, 3.63) is 76.4 Å². The molecule has 3 heteroatoms. The number of rotatable bonds is 3. The Kier molecular flexibility index (Phi) is 3.79. The van der Waals surface area contributed by atoms with Gasteiger partial charge >= 0.3 is 0 Å². The predicted molar refractivity (Wildman–Crippen MR) is 91.1 cm³/mol. The van der Waals surface area contributed by atoms with Crippen molar-refractivity contribution in [2.24, 2.45) is 5.73 Å². The highest BCUT2D eigenvalue weighted by Gasteiger charge is 2.22. The zero-order valence-electron chi connectivity index (χ0n) is 11.9. The van der Waals surface area contributed by atoms with E-state index in [-0.39, 0.29) is 0 Å². The molecule has 1 aromatic heterocycles. The summed E-state index contributed by atoms with van der Waals surface area (Å²) in [7, 11) is 0. The van der Waals surface area contributed by atoms with Crippen LogP contribution in [0.15, 0.2) is 65.3 Å². The number of halogens is 1. The highest BCUT2D eigenvalue weighted by atomic mass is 79.9. The SMILES string of the molecule is CC(N)(Cc1ccnc2ccccc12)c1ccc(Br)cc1. The van der Waals surface area contributed by atoms with Crippen molar-refractivity contribution >= 4 is 26.8 Å². The topological polar surface area (TPSA) is 38.9 Å². The van der Waals surface area contributed by atoms with E-state index < -0.39 is 5.54 Å². The first-order chi connectivity index (χ1) is 10.1. The smallest absolute Gasteiger partial charge is 0.0704 e. The molecule has 0 radical (unpaired) electrons. The zero-order valence-corrected chi connectivity index (χ0v) is 13.5. The monoisotopic (exact) mass is 340 g/mol. The molecule has 0 amide bonds. The van der Waals surface area contributed by atoms with E-state index in [1.54, 1.807) is 0 Å². The highest BCUT2D eigenvalue weighted by Crippen LogP contribution is 2.27. The molecule has 1 heterocycles. The molecule has 0 saturated heterocycles. The summed E-state index contributed by atoms with van der Waals surface area (Å²) in [5.41, 5.74) is 9.54. The van der Waals surface area contributed by atoms with Gasteiger partial charge in [-0.05, 0) is 48.7 Å². The van der Waals surface area contributed by atoms with Gasteiger partial charge < -0.3 is 5.73 Å². The molecule has 0 aliphatic carbocycles. The second kappa shape index (κ2) is 5.58. The molecule has 3 aromatic rings. The van der Waals surface area contributed by atoms with Crippen LogP contribution >= 0.6 is 15.9 Å². The fourth-order valence-electron chi connectivity index (χ4n) is 2.64. The number of para-hydroxylation sites is 1. The molecule has 2 aromatic carbocycles. The van der Waals surface area contributed by atoms with Crippen LogP contribution in [0.3, 0.4) is 0 Å². The minimum absolute atomic E-state index is 0.412. The fourth-order valence-corrected chi connectivity index (χ4v) is 2.90. The van der Waals surface area contributed by atoms with Crippen LogP contribution in [-0.2, 0) is 12.0 Å². The first-order valence-corrected chi connectivity index (χ1v) is 7.73. The van der Waals surface area contributed by atoms with Crippen LogP contribution < -0.4 is 5.73 Å². The maximum Gasteiger partial charge on any atom is 0.0704 e. The molecule has 0 saturated carbocycles. The van der Waals surface area contributed by atoms with E-state index in [0.29, 0.717) is 0 Å². The summed E-state index contributed by atoms with van der Waals surface area (Å²) < 4.78 is 1.07. The van der Waals surface area contributed by atoms with E-state index >= 15 is 0 Å². The van der Waals surface area contributed by atoms with Crippen molar-refractivity contribution in [3.63, 3.8) is 0 Å². The largest absolute Gasteiger partial charge is 0.321 e. The number of nitrogens with zero attached hydrogens (tertiary/aromatic N) is 1. The Balaban J connectivity index is 1.99. The van der Waals surface area contributed by atoms with E-state index in [9.17, 15) is 0 Å². The number of hydrogen-bond donors (Lipinski definition) is 1. The molecule has 1 atom stereocenters. The molecule has 106 valence electrons. The third kappa shape index (κ3) is 2.99. The second-order valence-electron chi connectivity index (χ2n) is 5.59. The van der Waals surface area contributed by atoms with Crippen LogP contribution in [0.4, 0.5) is 0 Å². The van der Waals surface area contributed by atoms with Gasteiger partial charge in [0.2, 0.25) is 0 Å². The van der Waals surface area contributed by atoms with Crippen LogP contribution in [0, 0.1) is 0 Å². The maximum atomic E-state index is 6.58. The van der Waals surface area contributed by atoms with Crippen molar-refractivity contribution in [1.29, 1.82) is 0 Å². The summed E-state index contributed by atoms with van der Waals surface area (Å²) in [6.07, 6.45) is 2.63. The molecule has 21 heavy (non-hydrogen) atoms. The quantitative estimate of drug-likeness (QED) is 0.766. The van der Waals surface area contributed by atoms with E-state index in [4.69, 9.17) is 5.73 Å². The van der Waals surface area contributed by atoms with Gasteiger partial charge in [0.1, 0.15) is 0 Å². The summed E-state index contributed by atoms with van der Waals surface area (Å²) in [5, 5.41) is 1.17. The molecular formula is C18H17BrN2. The molecule has 2 N–H and O–H groups in total. The van der Waals surface area contributed by atoms with Crippen molar-refractivity contribution in [2.75, 3.05) is 0 Å². The Morgan fingerprint density at radius 3 is 2.52 bits per heavy atom. The fraction of sp³-hybridized carbons (Fsp3) is 0.167. The number of nitrogens with two attached hydrogens (primary N) is 1. The van der Waals surface area contributed by atoms with Gasteiger partial charge in [0, 0.05) is 21.6 Å². The lowest BCUT2D eigenvalue weighted by Gasteiger charge is -2.26. The second-order valence-corrected chi connectivity index (χ2v) is 6.50. The summed E-state index contributed by atoms with van der Waals surface area (Å²) in [4.78, 5) is 4.41. The Hall–Kier alpha value is -1.71. The molecule has 3 rings (SSSR count). The third-order valence-corrected chi connectivity index (χ3v) is 4.33. The summed E-state index contributed by atoms with van der Waals surface area (Å²) in [6, 6.07) is 18.5. The van der Waals surface area contributed by atoms with Crippen LogP contribution in [0.25, 0.3) is 10.9 Å². The molecule has 0 spiro atoms. The Labute approximate surface area is 133 Å². The van der Waals surface area contributed by atoms with Gasteiger partial charge in [-0.15, -0.1) is 0 Å². The molecular weight excluding hydrogens is 324 g/mol. The van der Waals surface area contributed by atoms with Crippen molar-refractivity contribution < 1.29 is 0 Å². The first-order valence-electron chi connectivity index (χ1n) is 6.94. The third-order valence-electron chi connectivity index (χ3n) is 3.80. The van der Waals surface area contributed by atoms with E-state index in [2.05, 4.69) is 52.1 Å². The Morgan fingerprint density at radius 2 is 1.76 bits per heavy atom. The Bertz CT molecular complexity index is 758. The number of aromatic nitrogens is 1. The van der Waals surface area contributed by atoms with Crippen molar-refractivity contribution in [3.8, 4) is 0 Å². The van der Waals surface area contributed by atoms with E-state index in [1.807, 2.05) is 36.5 Å². The zero-order chi connectivity index (χ0) is 14.9. The highest BCUT2D eigenvalue weighted by molar-refractivity contribution is 9.10. The average molecular weight is 341 g/mol. The van der Waals surface area contributed by atoms with E-state index in [1.165, 1.54) is 10.9 Å². The molecule has 0 aliphatic heterocycles. The number of hydrogen-bond acceptors (Lipinski definition) is 2. The summed E-state index contributed by atoms with van der Waals surface area (Å²) >= 11 is 3.46. The van der Waals surface area contributed by atoms with Crippen LogP contribution in [-0.4, -0.2) is 4.98 Å². The summed E-state index contributed by atoms with van der Waals surface area (Å²) in [6.45, 7) is 2.07. The van der Waals surface area contributed by atoms with Gasteiger partial charge in [-0.1, -0.05) is 46.3 Å². The lowest BCUT2D eigenvalue weighted by atomic mass is 9.86. The Morgan fingerprint density at radius 1 is 1.05 bits per heavy atom. The van der Waals surface area contributed by atoms with Crippen molar-refractivity contribution in [1.82, 2.24) is 4.98 Å². The maximum absolute atomic E-state index is 6.58. The minimum atomic E-state index is -0.412. The van der Waals surface area contributed by atoms with Gasteiger partial charge in [0.15, 0.2) is 0 Å². The first kappa shape index (κ1) is 14.2. The van der Waals surface area contributed by atoms with Crippen molar-refractivity contribution in [2.45, 2.75) is 18.9 Å². The number of benzene rings is 2. The lowest BCUT2D eigenvalue weighted by Crippen LogP contribution is -2.35. The molecule has 2 nitrogen and oxygen atoms in total.